The van der Waals surface area contributed by atoms with Crippen molar-refractivity contribution >= 4 is 12.0 Å². The topological polar surface area (TPSA) is 84.7 Å². The molecule has 0 aromatic carbocycles. The predicted molar refractivity (Wildman–Crippen MR) is 86.5 cm³/mol. The van der Waals surface area contributed by atoms with Gasteiger partial charge in [0, 0.05) is 6.54 Å². The second-order valence-corrected chi connectivity index (χ2v) is 7.02. The van der Waals surface area contributed by atoms with Gasteiger partial charge in [-0.1, -0.05) is 12.8 Å². The summed E-state index contributed by atoms with van der Waals surface area (Å²) in [6.07, 6.45) is 3.41. The Bertz CT molecular complexity index is 391. The van der Waals surface area contributed by atoms with Crippen molar-refractivity contribution < 1.29 is 14.3 Å². The van der Waals surface area contributed by atoms with Crippen LogP contribution in [-0.2, 0) is 9.53 Å². The molecule has 0 aromatic rings. The monoisotopic (exact) mass is 313 g/mol. The smallest absolute Gasteiger partial charge is 0.407 e. The average molecular weight is 313 g/mol. The number of amides is 2. The Labute approximate surface area is 133 Å². The molecule has 2 unspecified atom stereocenters. The van der Waals surface area contributed by atoms with Gasteiger partial charge in [-0.05, 0) is 47.5 Å². The first-order chi connectivity index (χ1) is 10.2. The highest BCUT2D eigenvalue weighted by Gasteiger charge is 2.34. The highest BCUT2D eigenvalue weighted by Crippen LogP contribution is 2.24. The van der Waals surface area contributed by atoms with E-state index in [9.17, 15) is 9.59 Å². The fourth-order valence-corrected chi connectivity index (χ4v) is 2.93. The maximum absolute atomic E-state index is 12.3. The lowest BCUT2D eigenvalue weighted by Crippen LogP contribution is -2.57. The summed E-state index contributed by atoms with van der Waals surface area (Å²) in [6.45, 7) is 9.75. The minimum Gasteiger partial charge on any atom is -0.444 e. The van der Waals surface area contributed by atoms with Gasteiger partial charge >= 0.3 is 6.09 Å². The second-order valence-electron chi connectivity index (χ2n) is 7.02. The summed E-state index contributed by atoms with van der Waals surface area (Å²) < 4.78 is 5.33. The summed E-state index contributed by atoms with van der Waals surface area (Å²) in [7, 11) is 0. The SMILES string of the molecule is CCN(C(=O)[C@H](C)N)C1CCCCC1NC(=O)OC(C)(C)C. The number of alkyl carbamates (subject to hydrolysis) is 1. The van der Waals surface area contributed by atoms with Gasteiger partial charge in [0.2, 0.25) is 5.91 Å². The van der Waals surface area contributed by atoms with Gasteiger partial charge in [0.15, 0.2) is 0 Å². The maximum atomic E-state index is 12.3. The van der Waals surface area contributed by atoms with Gasteiger partial charge in [-0.3, -0.25) is 4.79 Å². The van der Waals surface area contributed by atoms with Crippen LogP contribution in [0.25, 0.3) is 0 Å². The van der Waals surface area contributed by atoms with Crippen LogP contribution in [0, 0.1) is 0 Å². The van der Waals surface area contributed by atoms with Crippen molar-refractivity contribution in [3.05, 3.63) is 0 Å². The molecule has 0 heterocycles. The number of rotatable bonds is 4. The molecule has 1 fully saturated rings. The molecule has 6 nitrogen and oxygen atoms in total. The minimum atomic E-state index is -0.527. The Kier molecular flexibility index (Phi) is 6.66. The standard InChI is InChI=1S/C16H31N3O3/c1-6-19(14(20)11(2)17)13-10-8-7-9-12(13)18-15(21)22-16(3,4)5/h11-13H,6-10,17H2,1-5H3,(H,18,21)/t11-,12?,13?/m0/s1. The Morgan fingerprint density at radius 3 is 2.41 bits per heavy atom. The molecular formula is C16H31N3O3. The third kappa shape index (κ3) is 5.48. The van der Waals surface area contributed by atoms with Crippen LogP contribution >= 0.6 is 0 Å². The Morgan fingerprint density at radius 2 is 1.91 bits per heavy atom. The zero-order valence-corrected chi connectivity index (χ0v) is 14.5. The molecule has 0 aromatic heterocycles. The van der Waals surface area contributed by atoms with E-state index in [4.69, 9.17) is 10.5 Å². The first-order valence-electron chi connectivity index (χ1n) is 8.21. The summed E-state index contributed by atoms with van der Waals surface area (Å²) in [4.78, 5) is 26.1. The molecule has 3 atom stereocenters. The van der Waals surface area contributed by atoms with E-state index in [2.05, 4.69) is 5.32 Å². The molecule has 3 N–H and O–H groups in total. The third-order valence-electron chi connectivity index (χ3n) is 3.85. The van der Waals surface area contributed by atoms with Crippen LogP contribution in [0.15, 0.2) is 0 Å². The van der Waals surface area contributed by atoms with E-state index in [0.29, 0.717) is 6.54 Å². The number of nitrogens with one attached hydrogen (secondary N) is 1. The normalized spacial score (nSPS) is 23.5. The summed E-state index contributed by atoms with van der Waals surface area (Å²) in [6, 6.07) is -0.611. The fourth-order valence-electron chi connectivity index (χ4n) is 2.93. The molecule has 0 aliphatic heterocycles. The number of carbonyl (C=O) groups excluding carboxylic acids is 2. The molecule has 0 bridgehead atoms. The van der Waals surface area contributed by atoms with E-state index in [-0.39, 0.29) is 18.0 Å². The lowest BCUT2D eigenvalue weighted by molar-refractivity contribution is -0.135. The number of hydrogen-bond donors (Lipinski definition) is 2. The molecule has 6 heteroatoms. The summed E-state index contributed by atoms with van der Waals surface area (Å²) in [5.41, 5.74) is 5.22. The van der Waals surface area contributed by atoms with Gasteiger partial charge in [-0.2, -0.15) is 0 Å². The van der Waals surface area contributed by atoms with Crippen molar-refractivity contribution in [3.8, 4) is 0 Å². The van der Waals surface area contributed by atoms with Crippen LogP contribution in [0.2, 0.25) is 0 Å². The van der Waals surface area contributed by atoms with E-state index >= 15 is 0 Å². The lowest BCUT2D eigenvalue weighted by atomic mass is 9.89. The number of ether oxygens (including phenoxy) is 1. The highest BCUT2D eigenvalue weighted by molar-refractivity contribution is 5.81. The van der Waals surface area contributed by atoms with E-state index in [0.717, 1.165) is 25.7 Å². The van der Waals surface area contributed by atoms with E-state index in [1.165, 1.54) is 0 Å². The van der Waals surface area contributed by atoms with Crippen LogP contribution in [0.3, 0.4) is 0 Å². The number of likely N-dealkylation sites (N-methyl/N-ethyl adjacent to an activating group) is 1. The molecule has 1 aliphatic carbocycles. The first kappa shape index (κ1) is 18.7. The largest absolute Gasteiger partial charge is 0.444 e. The molecule has 0 saturated heterocycles. The molecule has 2 amide bonds. The zero-order valence-electron chi connectivity index (χ0n) is 14.5. The van der Waals surface area contributed by atoms with E-state index in [1.54, 1.807) is 11.8 Å². The van der Waals surface area contributed by atoms with Crippen molar-refractivity contribution in [3.63, 3.8) is 0 Å². The molecule has 1 aliphatic rings. The van der Waals surface area contributed by atoms with Gasteiger partial charge < -0.3 is 20.7 Å². The number of hydrogen-bond acceptors (Lipinski definition) is 4. The first-order valence-corrected chi connectivity index (χ1v) is 8.21. The van der Waals surface area contributed by atoms with Crippen LogP contribution < -0.4 is 11.1 Å². The van der Waals surface area contributed by atoms with E-state index < -0.39 is 17.7 Å². The number of carbonyl (C=O) groups is 2. The summed E-state index contributed by atoms with van der Waals surface area (Å²) in [5, 5.41) is 2.94. The van der Waals surface area contributed by atoms with Gasteiger partial charge in [0.05, 0.1) is 18.1 Å². The van der Waals surface area contributed by atoms with Crippen molar-refractivity contribution in [1.82, 2.24) is 10.2 Å². The van der Waals surface area contributed by atoms with Gasteiger partial charge in [-0.15, -0.1) is 0 Å². The number of nitrogens with two attached hydrogens (primary N) is 1. The minimum absolute atomic E-state index is 0.00947. The second kappa shape index (κ2) is 7.81. The fraction of sp³-hybridized carbons (Fsp3) is 0.875. The molecule has 1 saturated carbocycles. The Balaban J connectivity index is 2.78. The molecule has 22 heavy (non-hydrogen) atoms. The van der Waals surface area contributed by atoms with Crippen LogP contribution in [-0.4, -0.2) is 47.2 Å². The van der Waals surface area contributed by atoms with Crippen molar-refractivity contribution in [1.29, 1.82) is 0 Å². The Morgan fingerprint density at radius 1 is 1.32 bits per heavy atom. The van der Waals surface area contributed by atoms with Crippen LogP contribution in [0.1, 0.15) is 60.3 Å². The van der Waals surface area contributed by atoms with E-state index in [1.807, 2.05) is 27.7 Å². The summed E-state index contributed by atoms with van der Waals surface area (Å²) in [5.74, 6) is -0.0645. The summed E-state index contributed by atoms with van der Waals surface area (Å²) >= 11 is 0. The Hall–Kier alpha value is -1.30. The van der Waals surface area contributed by atoms with Crippen LogP contribution in [0.5, 0.6) is 0 Å². The van der Waals surface area contributed by atoms with Gasteiger partial charge in [-0.25, -0.2) is 4.79 Å². The number of nitrogens with zero attached hydrogens (tertiary/aromatic N) is 1. The van der Waals surface area contributed by atoms with Crippen molar-refractivity contribution in [2.75, 3.05) is 6.54 Å². The maximum Gasteiger partial charge on any atom is 0.407 e. The van der Waals surface area contributed by atoms with Crippen molar-refractivity contribution in [2.24, 2.45) is 5.73 Å². The predicted octanol–water partition coefficient (Wildman–Crippen LogP) is 2.02. The quantitative estimate of drug-likeness (QED) is 0.831. The molecule has 128 valence electrons. The molecule has 1 rings (SSSR count). The highest BCUT2D eigenvalue weighted by atomic mass is 16.6. The molecule has 0 radical (unpaired) electrons. The lowest BCUT2D eigenvalue weighted by Gasteiger charge is -2.40. The zero-order chi connectivity index (χ0) is 16.9. The van der Waals surface area contributed by atoms with Crippen molar-refractivity contribution in [2.45, 2.75) is 84.0 Å². The van der Waals surface area contributed by atoms with Gasteiger partial charge in [0.1, 0.15) is 5.60 Å². The average Bonchev–Trinajstić information content (AvgIpc) is 2.39. The molecular weight excluding hydrogens is 282 g/mol. The third-order valence-corrected chi connectivity index (χ3v) is 3.85. The molecule has 0 spiro atoms. The van der Waals surface area contributed by atoms with Crippen LogP contribution in [0.4, 0.5) is 4.79 Å². The van der Waals surface area contributed by atoms with Gasteiger partial charge in [0.25, 0.3) is 0 Å².